The second-order valence-electron chi connectivity index (χ2n) is 4.18. The lowest BCUT2D eigenvalue weighted by Crippen LogP contribution is -2.41. The van der Waals surface area contributed by atoms with Crippen LogP contribution in [0.25, 0.3) is 0 Å². The first kappa shape index (κ1) is 19.1. The van der Waals surface area contributed by atoms with E-state index < -0.39 is 8.80 Å². The van der Waals surface area contributed by atoms with Gasteiger partial charge in [-0.1, -0.05) is 25.1 Å². The van der Waals surface area contributed by atoms with E-state index in [0.717, 1.165) is 12.6 Å². The summed E-state index contributed by atoms with van der Waals surface area (Å²) in [6.07, 6.45) is 0. The lowest BCUT2D eigenvalue weighted by molar-refractivity contribution is 0.125. The molecule has 5 nitrogen and oxygen atoms in total. The van der Waals surface area contributed by atoms with E-state index in [-0.39, 0.29) is 0 Å². The van der Waals surface area contributed by atoms with Gasteiger partial charge in [-0.25, -0.2) is 0 Å². The summed E-state index contributed by atoms with van der Waals surface area (Å²) in [4.78, 5) is 0. The summed E-state index contributed by atoms with van der Waals surface area (Å²) in [5.41, 5.74) is 7.81. The molecule has 0 radical (unpaired) electrons. The van der Waals surface area contributed by atoms with Crippen LogP contribution in [0.4, 0.5) is 5.69 Å². The Labute approximate surface area is 123 Å². The van der Waals surface area contributed by atoms with E-state index in [1.54, 1.807) is 21.3 Å². The fourth-order valence-electron chi connectivity index (χ4n) is 1.66. The van der Waals surface area contributed by atoms with Crippen LogP contribution in [0.2, 0.25) is 6.04 Å². The van der Waals surface area contributed by atoms with Crippen molar-refractivity contribution < 1.29 is 13.3 Å². The molecule has 20 heavy (non-hydrogen) atoms. The molecule has 0 spiro atoms. The highest BCUT2D eigenvalue weighted by Gasteiger charge is 2.34. The highest BCUT2D eigenvalue weighted by Crippen LogP contribution is 2.12. The Hall–Kier alpha value is -0.923. The molecule has 116 valence electrons. The molecule has 1 aromatic carbocycles. The Bertz CT molecular complexity index is 343. The zero-order valence-electron chi connectivity index (χ0n) is 13.2. The number of nitrogens with one attached hydrogen (secondary N) is 1. The van der Waals surface area contributed by atoms with E-state index in [4.69, 9.17) is 19.0 Å². The molecular weight excluding hydrogens is 272 g/mol. The van der Waals surface area contributed by atoms with Crippen LogP contribution in [0.5, 0.6) is 0 Å². The SMILES string of the molecule is CC[Si](OC)(OC)OC.Cc1ccccc1NCCN. The molecule has 0 atom stereocenters. The van der Waals surface area contributed by atoms with Crippen LogP contribution in [-0.4, -0.2) is 43.2 Å². The first-order chi connectivity index (χ1) is 9.59. The lowest BCUT2D eigenvalue weighted by atomic mass is 10.2. The van der Waals surface area contributed by atoms with Gasteiger partial charge in [-0.15, -0.1) is 0 Å². The van der Waals surface area contributed by atoms with Crippen molar-refractivity contribution in [2.45, 2.75) is 19.9 Å². The van der Waals surface area contributed by atoms with Gasteiger partial charge in [-0.3, -0.25) is 0 Å². The summed E-state index contributed by atoms with van der Waals surface area (Å²) in [6, 6.07) is 9.01. The number of para-hydroxylation sites is 1. The predicted octanol–water partition coefficient (Wildman–Crippen LogP) is 2.25. The van der Waals surface area contributed by atoms with Crippen LogP contribution < -0.4 is 11.1 Å². The first-order valence-corrected chi connectivity index (χ1v) is 8.67. The molecule has 1 aromatic rings. The van der Waals surface area contributed by atoms with Crippen LogP contribution in [0, 0.1) is 6.92 Å². The number of nitrogens with two attached hydrogens (primary N) is 1. The summed E-state index contributed by atoms with van der Waals surface area (Å²) in [7, 11) is 2.65. The zero-order valence-corrected chi connectivity index (χ0v) is 14.2. The maximum absolute atomic E-state index is 5.36. The molecule has 0 heterocycles. The van der Waals surface area contributed by atoms with Gasteiger partial charge in [0, 0.05) is 46.2 Å². The average molecular weight is 300 g/mol. The Kier molecular flexibility index (Phi) is 10.3. The zero-order chi connectivity index (χ0) is 15.4. The van der Waals surface area contributed by atoms with Gasteiger partial charge in [0.1, 0.15) is 0 Å². The lowest BCUT2D eigenvalue weighted by Gasteiger charge is -2.22. The van der Waals surface area contributed by atoms with E-state index in [9.17, 15) is 0 Å². The summed E-state index contributed by atoms with van der Waals surface area (Å²) >= 11 is 0. The molecule has 0 aliphatic carbocycles. The smallest absolute Gasteiger partial charge is 0.384 e. The van der Waals surface area contributed by atoms with Crippen LogP contribution >= 0.6 is 0 Å². The molecule has 0 saturated carbocycles. The van der Waals surface area contributed by atoms with Crippen molar-refractivity contribution >= 4 is 14.5 Å². The van der Waals surface area contributed by atoms with E-state index >= 15 is 0 Å². The molecule has 0 amide bonds. The first-order valence-electron chi connectivity index (χ1n) is 6.74. The average Bonchev–Trinajstić information content (AvgIpc) is 2.50. The third-order valence-corrected chi connectivity index (χ3v) is 5.70. The van der Waals surface area contributed by atoms with Crippen molar-refractivity contribution in [3.63, 3.8) is 0 Å². The van der Waals surface area contributed by atoms with Crippen LogP contribution in [0.15, 0.2) is 24.3 Å². The minimum atomic E-state index is -2.19. The molecule has 0 fully saturated rings. The molecule has 0 aromatic heterocycles. The Morgan fingerprint density at radius 3 is 2.00 bits per heavy atom. The predicted molar refractivity (Wildman–Crippen MR) is 86.0 cm³/mol. The van der Waals surface area contributed by atoms with Gasteiger partial charge >= 0.3 is 8.80 Å². The highest BCUT2D eigenvalue weighted by molar-refractivity contribution is 6.60. The van der Waals surface area contributed by atoms with Crippen LogP contribution in [0.1, 0.15) is 12.5 Å². The van der Waals surface area contributed by atoms with Crippen molar-refractivity contribution in [1.29, 1.82) is 0 Å². The standard InChI is InChI=1S/C9H14N2.C5H14O3Si/c1-8-4-2-3-5-9(8)11-7-6-10;1-5-9(6-2,7-3)8-4/h2-5,11H,6-7,10H2,1H3;5H2,1-4H3. The number of aryl methyl sites for hydroxylation is 1. The van der Waals surface area contributed by atoms with Crippen molar-refractivity contribution in [2.24, 2.45) is 5.73 Å². The van der Waals surface area contributed by atoms with Crippen molar-refractivity contribution in [1.82, 2.24) is 0 Å². The number of anilines is 1. The minimum Gasteiger partial charge on any atom is -0.384 e. The summed E-state index contributed by atoms with van der Waals surface area (Å²) < 4.78 is 15.2. The van der Waals surface area contributed by atoms with Gasteiger partial charge < -0.3 is 24.3 Å². The molecule has 0 aliphatic heterocycles. The molecule has 0 unspecified atom stereocenters. The van der Waals surface area contributed by atoms with Gasteiger partial charge in [-0.2, -0.15) is 0 Å². The number of benzene rings is 1. The van der Waals surface area contributed by atoms with E-state index in [2.05, 4.69) is 24.4 Å². The van der Waals surface area contributed by atoms with Gasteiger partial charge in [-0.05, 0) is 18.6 Å². The number of hydrogen-bond donors (Lipinski definition) is 2. The topological polar surface area (TPSA) is 65.7 Å². The van der Waals surface area contributed by atoms with E-state index in [0.29, 0.717) is 6.54 Å². The highest BCUT2D eigenvalue weighted by atomic mass is 28.4. The fourth-order valence-corrected chi connectivity index (χ4v) is 3.03. The van der Waals surface area contributed by atoms with E-state index in [1.807, 2.05) is 19.1 Å². The Morgan fingerprint density at radius 1 is 1.10 bits per heavy atom. The molecular formula is C14H28N2O3Si. The van der Waals surface area contributed by atoms with E-state index in [1.165, 1.54) is 11.3 Å². The molecule has 0 saturated heterocycles. The van der Waals surface area contributed by atoms with Crippen molar-refractivity contribution in [3.8, 4) is 0 Å². The quantitative estimate of drug-likeness (QED) is 0.756. The largest absolute Gasteiger partial charge is 0.499 e. The fraction of sp³-hybridized carbons (Fsp3) is 0.571. The number of hydrogen-bond acceptors (Lipinski definition) is 5. The number of rotatable bonds is 7. The second kappa shape index (κ2) is 10.8. The van der Waals surface area contributed by atoms with Gasteiger partial charge in [0.05, 0.1) is 0 Å². The normalized spacial score (nSPS) is 10.7. The van der Waals surface area contributed by atoms with Crippen molar-refractivity contribution in [3.05, 3.63) is 29.8 Å². The molecule has 0 bridgehead atoms. The Morgan fingerprint density at radius 2 is 1.65 bits per heavy atom. The van der Waals surface area contributed by atoms with Gasteiger partial charge in [0.15, 0.2) is 0 Å². The third kappa shape index (κ3) is 6.49. The van der Waals surface area contributed by atoms with Crippen LogP contribution in [-0.2, 0) is 13.3 Å². The molecule has 6 heteroatoms. The maximum Gasteiger partial charge on any atom is 0.499 e. The molecule has 1 rings (SSSR count). The van der Waals surface area contributed by atoms with Gasteiger partial charge in [0.25, 0.3) is 0 Å². The second-order valence-corrected chi connectivity index (χ2v) is 7.48. The van der Waals surface area contributed by atoms with Crippen molar-refractivity contribution in [2.75, 3.05) is 39.7 Å². The van der Waals surface area contributed by atoms with Gasteiger partial charge in [0.2, 0.25) is 0 Å². The maximum atomic E-state index is 5.36. The monoisotopic (exact) mass is 300 g/mol. The third-order valence-electron chi connectivity index (χ3n) is 2.97. The minimum absolute atomic E-state index is 0.675. The summed E-state index contributed by atoms with van der Waals surface area (Å²) in [5, 5.41) is 3.24. The summed E-state index contributed by atoms with van der Waals surface area (Å²) in [5.74, 6) is 0. The molecule has 3 N–H and O–H groups in total. The molecule has 0 aliphatic rings. The van der Waals surface area contributed by atoms with Crippen LogP contribution in [0.3, 0.4) is 0 Å². The summed E-state index contributed by atoms with van der Waals surface area (Å²) in [6.45, 7) is 5.58. The Balaban J connectivity index is 0.000000370.